The van der Waals surface area contributed by atoms with E-state index in [1.165, 1.54) is 18.3 Å². The van der Waals surface area contributed by atoms with Crippen molar-refractivity contribution in [3.05, 3.63) is 59.3 Å². The molecule has 0 unspecified atom stereocenters. The van der Waals surface area contributed by atoms with Gasteiger partial charge in [-0.05, 0) is 38.0 Å². The number of pyridine rings is 1. The van der Waals surface area contributed by atoms with Crippen LogP contribution in [0.5, 0.6) is 5.75 Å². The lowest BCUT2D eigenvalue weighted by Crippen LogP contribution is -2.44. The molecule has 34 heavy (non-hydrogen) atoms. The summed E-state index contributed by atoms with van der Waals surface area (Å²) in [6.07, 6.45) is -2.12. The molecule has 5 heterocycles. The van der Waals surface area contributed by atoms with Gasteiger partial charge in [-0.1, -0.05) is 6.07 Å². The van der Waals surface area contributed by atoms with E-state index >= 15 is 0 Å². The quantitative estimate of drug-likeness (QED) is 0.453. The molecule has 0 aliphatic carbocycles. The number of carbonyl (C=O) groups excluding carboxylic acids is 1. The molecule has 0 saturated carbocycles. The lowest BCUT2D eigenvalue weighted by Gasteiger charge is -2.36. The van der Waals surface area contributed by atoms with Crippen LogP contribution in [0, 0.1) is 6.92 Å². The Bertz CT molecular complexity index is 1570. The van der Waals surface area contributed by atoms with Crippen molar-refractivity contribution in [3.8, 4) is 5.75 Å². The second-order valence-corrected chi connectivity index (χ2v) is 8.33. The molecule has 0 spiro atoms. The van der Waals surface area contributed by atoms with Crippen LogP contribution in [0.25, 0.3) is 16.6 Å². The minimum Gasteiger partial charge on any atom is -0.488 e. The molecule has 2 N–H and O–H groups in total. The minimum absolute atomic E-state index is 0.00271. The van der Waals surface area contributed by atoms with Crippen molar-refractivity contribution in [2.45, 2.75) is 38.1 Å². The number of rotatable bonds is 1. The standard InChI is InChI=1S/C23H19F3N6O2/c1-11-19-21(27)30-15-9-28-14(8-16(15)32(19)10-29-11)22(33)31-6-2-3-17-20(31)13-5-4-12(23(24,25)26)7-18(13)34-17/h4-5,7-10,17,20H,2-3,6H2,1H3,(H2,27,30)/t17-,20-/m0/s1/i6D2. The van der Waals surface area contributed by atoms with Crippen LogP contribution in [0.2, 0.25) is 0 Å². The highest BCUT2D eigenvalue weighted by Crippen LogP contribution is 2.46. The Morgan fingerprint density at radius 1 is 1.29 bits per heavy atom. The third-order valence-corrected chi connectivity index (χ3v) is 6.27. The summed E-state index contributed by atoms with van der Waals surface area (Å²) in [5.74, 6) is -0.460. The van der Waals surface area contributed by atoms with E-state index in [2.05, 4.69) is 15.0 Å². The monoisotopic (exact) mass is 470 g/mol. The molecule has 1 aromatic carbocycles. The first-order chi connectivity index (χ1) is 17.0. The Hall–Kier alpha value is -3.89. The zero-order valence-corrected chi connectivity index (χ0v) is 17.8. The molecule has 2 aliphatic rings. The number of aryl methyl sites for hydroxylation is 1. The number of nitrogens with zero attached hydrogens (tertiary/aromatic N) is 5. The third-order valence-electron chi connectivity index (χ3n) is 6.27. The number of aromatic nitrogens is 4. The lowest BCUT2D eigenvalue weighted by molar-refractivity contribution is -0.137. The SMILES string of the molecule is [2H]C1([2H])CC[C@@H]2Oc3cc(C(F)(F)F)ccc3[C@@H]2N1C(=O)c1cc2c(cn1)nc(N)c1c(C)ncn12. The molecule has 4 aromatic rings. The van der Waals surface area contributed by atoms with E-state index in [1.807, 2.05) is 0 Å². The molecule has 0 bridgehead atoms. The Labute approximate surface area is 194 Å². The fraction of sp³-hybridized carbons (Fsp3) is 0.304. The average Bonchev–Trinajstić information content (AvgIpc) is 3.38. The van der Waals surface area contributed by atoms with E-state index < -0.39 is 36.3 Å². The van der Waals surface area contributed by atoms with E-state index in [0.29, 0.717) is 27.8 Å². The smallest absolute Gasteiger partial charge is 0.416 e. The molecular weight excluding hydrogens is 449 g/mol. The van der Waals surface area contributed by atoms with Gasteiger partial charge in [-0.2, -0.15) is 13.2 Å². The number of carbonyl (C=O) groups is 1. The first-order valence-electron chi connectivity index (χ1n) is 11.6. The zero-order valence-electron chi connectivity index (χ0n) is 19.8. The maximum Gasteiger partial charge on any atom is 0.416 e. The lowest BCUT2D eigenvalue weighted by atomic mass is 9.93. The summed E-state index contributed by atoms with van der Waals surface area (Å²) in [6.45, 7) is -0.306. The number of imidazole rings is 1. The van der Waals surface area contributed by atoms with Gasteiger partial charge in [0, 0.05) is 14.8 Å². The molecule has 6 rings (SSSR count). The van der Waals surface area contributed by atoms with E-state index in [-0.39, 0.29) is 30.1 Å². The highest BCUT2D eigenvalue weighted by atomic mass is 19.4. The van der Waals surface area contributed by atoms with Crippen LogP contribution in [0.15, 0.2) is 36.8 Å². The summed E-state index contributed by atoms with van der Waals surface area (Å²) < 4.78 is 64.3. The number of fused-ring (bicyclic) bond motifs is 6. The van der Waals surface area contributed by atoms with Gasteiger partial charge in [-0.25, -0.2) is 15.0 Å². The number of hydrogen-bond acceptors (Lipinski definition) is 6. The van der Waals surface area contributed by atoms with Gasteiger partial charge in [0.15, 0.2) is 5.82 Å². The van der Waals surface area contributed by atoms with Gasteiger partial charge < -0.3 is 15.4 Å². The minimum atomic E-state index is -4.56. The fourth-order valence-corrected chi connectivity index (χ4v) is 4.70. The number of anilines is 1. The van der Waals surface area contributed by atoms with Gasteiger partial charge in [-0.15, -0.1) is 0 Å². The highest BCUT2D eigenvalue weighted by Gasteiger charge is 2.44. The molecule has 1 amide bonds. The van der Waals surface area contributed by atoms with Crippen molar-refractivity contribution in [2.75, 3.05) is 12.2 Å². The van der Waals surface area contributed by atoms with Gasteiger partial charge in [-0.3, -0.25) is 9.20 Å². The topological polar surface area (TPSA) is 98.6 Å². The Morgan fingerprint density at radius 2 is 2.12 bits per heavy atom. The molecule has 0 radical (unpaired) electrons. The van der Waals surface area contributed by atoms with Crippen molar-refractivity contribution >= 4 is 28.3 Å². The molecular formula is C23H19F3N6O2. The predicted molar refractivity (Wildman–Crippen MR) is 116 cm³/mol. The number of hydrogen-bond donors (Lipinski definition) is 1. The van der Waals surface area contributed by atoms with Crippen LogP contribution in [-0.4, -0.2) is 42.8 Å². The maximum atomic E-state index is 13.8. The van der Waals surface area contributed by atoms with Crippen LogP contribution in [0.1, 0.15) is 48.9 Å². The molecule has 11 heteroatoms. The fourth-order valence-electron chi connectivity index (χ4n) is 4.70. The van der Waals surface area contributed by atoms with Crippen LogP contribution < -0.4 is 10.5 Å². The molecule has 1 saturated heterocycles. The molecule has 2 aliphatic heterocycles. The van der Waals surface area contributed by atoms with Crippen LogP contribution in [0.3, 0.4) is 0 Å². The number of nitrogens with two attached hydrogens (primary N) is 1. The van der Waals surface area contributed by atoms with E-state index in [0.717, 1.165) is 17.0 Å². The highest BCUT2D eigenvalue weighted by molar-refractivity contribution is 5.96. The Kier molecular flexibility index (Phi) is 3.84. The number of ether oxygens (including phenoxy) is 1. The molecule has 1 fully saturated rings. The number of alkyl halides is 3. The molecule has 2 atom stereocenters. The van der Waals surface area contributed by atoms with Gasteiger partial charge in [0.1, 0.15) is 34.9 Å². The first kappa shape index (κ1) is 18.5. The second kappa shape index (κ2) is 7.05. The van der Waals surface area contributed by atoms with Crippen molar-refractivity contribution in [1.29, 1.82) is 0 Å². The van der Waals surface area contributed by atoms with E-state index in [1.54, 1.807) is 17.7 Å². The average molecular weight is 470 g/mol. The summed E-state index contributed by atoms with van der Waals surface area (Å²) >= 11 is 0. The molecule has 3 aromatic heterocycles. The zero-order chi connectivity index (χ0) is 25.6. The van der Waals surface area contributed by atoms with Gasteiger partial charge >= 0.3 is 6.18 Å². The summed E-state index contributed by atoms with van der Waals surface area (Å²) in [4.78, 5) is 27.6. The number of likely N-dealkylation sites (tertiary alicyclic amines) is 1. The van der Waals surface area contributed by atoms with Crippen LogP contribution in [0.4, 0.5) is 19.0 Å². The van der Waals surface area contributed by atoms with Gasteiger partial charge in [0.25, 0.3) is 5.91 Å². The summed E-state index contributed by atoms with van der Waals surface area (Å²) in [5.41, 5.74) is 7.61. The predicted octanol–water partition coefficient (Wildman–Crippen LogP) is 3.93. The summed E-state index contributed by atoms with van der Waals surface area (Å²) in [6, 6.07) is 3.65. The van der Waals surface area contributed by atoms with Gasteiger partial charge in [0.05, 0.1) is 29.0 Å². The third kappa shape index (κ3) is 2.99. The molecule has 8 nitrogen and oxygen atoms in total. The van der Waals surface area contributed by atoms with Crippen LogP contribution in [-0.2, 0) is 6.18 Å². The number of benzene rings is 1. The summed E-state index contributed by atoms with van der Waals surface area (Å²) in [5, 5.41) is 0. The van der Waals surface area contributed by atoms with Crippen molar-refractivity contribution in [1.82, 2.24) is 24.3 Å². The van der Waals surface area contributed by atoms with Crippen molar-refractivity contribution < 1.29 is 25.4 Å². The van der Waals surface area contributed by atoms with Gasteiger partial charge in [0.2, 0.25) is 0 Å². The van der Waals surface area contributed by atoms with Crippen molar-refractivity contribution in [3.63, 3.8) is 0 Å². The first-order valence-corrected chi connectivity index (χ1v) is 10.6. The Balaban J connectivity index is 1.46. The van der Waals surface area contributed by atoms with E-state index in [9.17, 15) is 18.0 Å². The number of amides is 1. The normalized spacial score (nSPS) is 22.2. The second-order valence-electron chi connectivity index (χ2n) is 8.33. The van der Waals surface area contributed by atoms with E-state index in [4.69, 9.17) is 13.2 Å². The Morgan fingerprint density at radius 3 is 2.91 bits per heavy atom. The number of nitrogen functional groups attached to an aromatic ring is 1. The maximum absolute atomic E-state index is 13.8. The largest absolute Gasteiger partial charge is 0.488 e. The number of piperidine rings is 1. The van der Waals surface area contributed by atoms with Crippen molar-refractivity contribution in [2.24, 2.45) is 0 Å². The number of halogens is 3. The van der Waals surface area contributed by atoms with Crippen LogP contribution >= 0.6 is 0 Å². The summed E-state index contributed by atoms with van der Waals surface area (Å²) in [7, 11) is 0. The molecule has 174 valence electrons.